The van der Waals surface area contributed by atoms with Gasteiger partial charge in [0.2, 0.25) is 0 Å². The molecule has 2 bridgehead atoms. The fourth-order valence-electron chi connectivity index (χ4n) is 8.69. The third-order valence-corrected chi connectivity index (χ3v) is 9.72. The summed E-state index contributed by atoms with van der Waals surface area (Å²) in [6.45, 7) is 12.6. The standard InChI is InChI=1S/C23H36O5/c1-11-12-9-13(24)17-22(6)14(20(2,3)8-7-15(22)25)10-16-23(17,18(11)26)19(12)28-21(4,5)27-16/h11-17,19,24-25H,7-10H2,1-6H3/t11-,12-,13+,14+,15+,16+,17+,19+,22-,23+/m0/s1. The van der Waals surface area contributed by atoms with Crippen molar-refractivity contribution in [3.63, 3.8) is 0 Å². The molecule has 28 heavy (non-hydrogen) atoms. The summed E-state index contributed by atoms with van der Waals surface area (Å²) in [5, 5.41) is 22.7. The summed E-state index contributed by atoms with van der Waals surface area (Å²) in [7, 11) is 0. The molecule has 0 amide bonds. The van der Waals surface area contributed by atoms with E-state index < -0.39 is 28.8 Å². The van der Waals surface area contributed by atoms with Crippen molar-refractivity contribution in [3.8, 4) is 0 Å². The molecule has 5 heteroatoms. The van der Waals surface area contributed by atoms with Gasteiger partial charge in [0, 0.05) is 17.3 Å². The van der Waals surface area contributed by atoms with Crippen LogP contribution in [-0.2, 0) is 14.3 Å². The Bertz CT molecular complexity index is 716. The van der Waals surface area contributed by atoms with E-state index in [-0.39, 0.29) is 47.1 Å². The Kier molecular flexibility index (Phi) is 3.76. The normalized spacial score (nSPS) is 58.8. The molecule has 0 radical (unpaired) electrons. The molecule has 4 saturated carbocycles. The molecule has 158 valence electrons. The minimum Gasteiger partial charge on any atom is -0.393 e. The number of rotatable bonds is 0. The maximum atomic E-state index is 13.8. The van der Waals surface area contributed by atoms with Gasteiger partial charge in [-0.3, -0.25) is 4.79 Å². The van der Waals surface area contributed by atoms with Crippen LogP contribution in [0.2, 0.25) is 0 Å². The summed E-state index contributed by atoms with van der Waals surface area (Å²) in [6.07, 6.45) is 1.37. The van der Waals surface area contributed by atoms with Gasteiger partial charge in [-0.15, -0.1) is 0 Å². The molecule has 5 rings (SSSR count). The highest BCUT2D eigenvalue weighted by molar-refractivity contribution is 5.92. The second kappa shape index (κ2) is 5.40. The molecule has 0 aromatic rings. The van der Waals surface area contributed by atoms with Crippen molar-refractivity contribution in [2.45, 2.75) is 97.4 Å². The van der Waals surface area contributed by atoms with Crippen LogP contribution in [0.4, 0.5) is 0 Å². The molecule has 1 saturated heterocycles. The van der Waals surface area contributed by atoms with Crippen molar-refractivity contribution >= 4 is 5.78 Å². The van der Waals surface area contributed by atoms with Gasteiger partial charge < -0.3 is 19.7 Å². The van der Waals surface area contributed by atoms with Crippen LogP contribution < -0.4 is 0 Å². The number of ether oxygens (including phenoxy) is 2. The van der Waals surface area contributed by atoms with Crippen LogP contribution in [0.15, 0.2) is 0 Å². The molecular weight excluding hydrogens is 356 g/mol. The highest BCUT2D eigenvalue weighted by Gasteiger charge is 2.80. The summed E-state index contributed by atoms with van der Waals surface area (Å²) in [5.74, 6) is -0.794. The Labute approximate surface area is 168 Å². The van der Waals surface area contributed by atoms with E-state index in [0.717, 1.165) is 19.3 Å². The van der Waals surface area contributed by atoms with Crippen molar-refractivity contribution in [1.82, 2.24) is 0 Å². The van der Waals surface area contributed by atoms with Gasteiger partial charge >= 0.3 is 0 Å². The van der Waals surface area contributed by atoms with Crippen molar-refractivity contribution in [2.24, 2.45) is 39.9 Å². The van der Waals surface area contributed by atoms with Gasteiger partial charge in [0.25, 0.3) is 0 Å². The molecule has 4 aliphatic carbocycles. The Morgan fingerprint density at radius 3 is 2.39 bits per heavy atom. The van der Waals surface area contributed by atoms with Gasteiger partial charge in [-0.1, -0.05) is 27.7 Å². The monoisotopic (exact) mass is 392 g/mol. The van der Waals surface area contributed by atoms with Crippen molar-refractivity contribution < 1.29 is 24.5 Å². The predicted molar refractivity (Wildman–Crippen MR) is 103 cm³/mol. The number of carbonyl (C=O) groups is 1. The first-order valence-electron chi connectivity index (χ1n) is 11.1. The lowest BCUT2D eigenvalue weighted by molar-refractivity contribution is -0.394. The van der Waals surface area contributed by atoms with E-state index in [4.69, 9.17) is 9.47 Å². The first-order valence-corrected chi connectivity index (χ1v) is 11.1. The maximum Gasteiger partial charge on any atom is 0.163 e. The van der Waals surface area contributed by atoms with Gasteiger partial charge in [-0.2, -0.15) is 0 Å². The van der Waals surface area contributed by atoms with Crippen LogP contribution >= 0.6 is 0 Å². The number of hydrogen-bond donors (Lipinski definition) is 2. The van der Waals surface area contributed by atoms with E-state index >= 15 is 0 Å². The lowest BCUT2D eigenvalue weighted by Crippen LogP contribution is -2.76. The molecule has 0 aromatic heterocycles. The smallest absolute Gasteiger partial charge is 0.163 e. The average Bonchev–Trinajstić information content (AvgIpc) is 2.72. The van der Waals surface area contributed by atoms with Crippen LogP contribution in [0.5, 0.6) is 0 Å². The summed E-state index contributed by atoms with van der Waals surface area (Å²) in [5.41, 5.74) is -1.33. The van der Waals surface area contributed by atoms with Crippen LogP contribution in [0.1, 0.15) is 67.2 Å². The van der Waals surface area contributed by atoms with Crippen LogP contribution in [0.25, 0.3) is 0 Å². The summed E-state index contributed by atoms with van der Waals surface area (Å²) in [6, 6.07) is 0. The minimum atomic E-state index is -0.836. The van der Waals surface area contributed by atoms with E-state index in [0.29, 0.717) is 6.42 Å². The Morgan fingerprint density at radius 1 is 1.04 bits per heavy atom. The van der Waals surface area contributed by atoms with Crippen molar-refractivity contribution in [1.29, 1.82) is 0 Å². The number of hydrogen-bond acceptors (Lipinski definition) is 5. The second-order valence-corrected chi connectivity index (χ2v) is 11.8. The first kappa shape index (κ1) is 19.5. The molecular formula is C23H36O5. The summed E-state index contributed by atoms with van der Waals surface area (Å²) < 4.78 is 12.9. The molecule has 1 spiro atoms. The van der Waals surface area contributed by atoms with Crippen molar-refractivity contribution in [2.75, 3.05) is 0 Å². The molecule has 5 aliphatic rings. The van der Waals surface area contributed by atoms with Crippen LogP contribution in [0.3, 0.4) is 0 Å². The molecule has 2 N–H and O–H groups in total. The molecule has 1 heterocycles. The van der Waals surface area contributed by atoms with E-state index in [1.54, 1.807) is 0 Å². The third-order valence-electron chi connectivity index (χ3n) is 9.72. The third kappa shape index (κ3) is 2.00. The number of aliphatic hydroxyl groups is 2. The molecule has 0 aromatic carbocycles. The number of aliphatic hydroxyl groups excluding tert-OH is 2. The zero-order valence-corrected chi connectivity index (χ0v) is 18.1. The van der Waals surface area contributed by atoms with Crippen LogP contribution in [0, 0.1) is 39.9 Å². The predicted octanol–water partition coefficient (Wildman–Crippen LogP) is 2.92. The average molecular weight is 393 g/mol. The molecule has 5 fully saturated rings. The zero-order chi connectivity index (χ0) is 20.4. The quantitative estimate of drug-likeness (QED) is 0.663. The number of carbonyl (C=O) groups excluding carboxylic acids is 1. The van der Waals surface area contributed by atoms with E-state index in [9.17, 15) is 15.0 Å². The largest absolute Gasteiger partial charge is 0.393 e. The highest BCUT2D eigenvalue weighted by atomic mass is 16.7. The lowest BCUT2D eigenvalue weighted by atomic mass is 9.38. The number of ketones is 1. The molecule has 1 aliphatic heterocycles. The molecule has 5 nitrogen and oxygen atoms in total. The zero-order valence-electron chi connectivity index (χ0n) is 18.1. The Balaban J connectivity index is 1.75. The van der Waals surface area contributed by atoms with E-state index in [1.165, 1.54) is 0 Å². The number of Topliss-reactive ketones (excluding diaryl/α,β-unsaturated/α-hetero) is 1. The van der Waals surface area contributed by atoms with E-state index in [2.05, 4.69) is 20.8 Å². The SMILES string of the molecule is C[C@@H]1C(=O)[C@@]23[C@@H]4OC(C)(C)O[C@@H]2C[C@@H]2C(C)(C)CC[C@@H](O)[C@@]2(C)[C@H]3[C@H](O)C[C@@H]14. The van der Waals surface area contributed by atoms with Gasteiger partial charge in [0.15, 0.2) is 5.79 Å². The van der Waals surface area contributed by atoms with E-state index in [1.807, 2.05) is 20.8 Å². The van der Waals surface area contributed by atoms with Gasteiger partial charge in [0.1, 0.15) is 5.78 Å². The minimum absolute atomic E-state index is 0.0262. The van der Waals surface area contributed by atoms with Gasteiger partial charge in [-0.05, 0) is 56.8 Å². The summed E-state index contributed by atoms with van der Waals surface area (Å²) in [4.78, 5) is 13.8. The fourth-order valence-corrected chi connectivity index (χ4v) is 8.69. The maximum absolute atomic E-state index is 13.8. The Hall–Kier alpha value is -0.490. The topological polar surface area (TPSA) is 76.0 Å². The van der Waals surface area contributed by atoms with Gasteiger partial charge in [-0.25, -0.2) is 0 Å². The highest BCUT2D eigenvalue weighted by Crippen LogP contribution is 2.73. The molecule has 10 atom stereocenters. The lowest BCUT2D eigenvalue weighted by Gasteiger charge is -2.70. The van der Waals surface area contributed by atoms with Crippen molar-refractivity contribution in [3.05, 3.63) is 0 Å². The number of fused-ring (bicyclic) bond motifs is 2. The first-order chi connectivity index (χ1) is 12.9. The molecule has 0 unspecified atom stereocenters. The fraction of sp³-hybridized carbons (Fsp3) is 0.957. The summed E-state index contributed by atoms with van der Waals surface area (Å²) >= 11 is 0. The van der Waals surface area contributed by atoms with Gasteiger partial charge in [0.05, 0.1) is 29.8 Å². The van der Waals surface area contributed by atoms with Crippen LogP contribution in [-0.4, -0.2) is 46.2 Å². The Morgan fingerprint density at radius 2 is 1.71 bits per heavy atom. The second-order valence-electron chi connectivity index (χ2n) is 11.8.